The van der Waals surface area contributed by atoms with E-state index < -0.39 is 17.7 Å². The fourth-order valence-electron chi connectivity index (χ4n) is 2.26. The van der Waals surface area contributed by atoms with E-state index in [1.165, 1.54) is 19.4 Å². The quantitative estimate of drug-likeness (QED) is 0.590. The van der Waals surface area contributed by atoms with Crippen LogP contribution in [0.15, 0.2) is 24.4 Å². The molecular weight excluding hydrogens is 320 g/mol. The highest BCUT2D eigenvalue weighted by Crippen LogP contribution is 2.36. The minimum Gasteiger partial charge on any atom is -0.494 e. The molecule has 1 heterocycles. The number of ether oxygens (including phenoxy) is 2. The molecule has 0 aliphatic heterocycles. The first-order chi connectivity index (χ1) is 11.5. The Morgan fingerprint density at radius 1 is 1.33 bits per heavy atom. The maximum atomic E-state index is 14.2. The summed E-state index contributed by atoms with van der Waals surface area (Å²) in [7, 11) is 1.29. The first kappa shape index (κ1) is 17.7. The summed E-state index contributed by atoms with van der Waals surface area (Å²) in [6.07, 6.45) is 2.43. The van der Waals surface area contributed by atoms with Crippen molar-refractivity contribution >= 4 is 12.4 Å². The van der Waals surface area contributed by atoms with E-state index >= 15 is 0 Å². The first-order valence-electron chi connectivity index (χ1n) is 7.40. The van der Waals surface area contributed by atoms with Crippen LogP contribution in [-0.2, 0) is 4.74 Å². The number of carbonyl (C=O) groups is 2. The van der Waals surface area contributed by atoms with Gasteiger partial charge in [-0.2, -0.15) is 0 Å². The van der Waals surface area contributed by atoms with Crippen molar-refractivity contribution in [1.82, 2.24) is 4.57 Å². The number of nitrogens with zero attached hydrogens (tertiary/aromatic N) is 1. The van der Waals surface area contributed by atoms with Crippen LogP contribution in [0.3, 0.4) is 0 Å². The molecule has 0 aliphatic carbocycles. The lowest BCUT2D eigenvalue weighted by molar-refractivity contribution is 0.112. The van der Waals surface area contributed by atoms with Crippen LogP contribution in [0.25, 0.3) is 11.3 Å². The van der Waals surface area contributed by atoms with Gasteiger partial charge in [0.25, 0.3) is 0 Å². The van der Waals surface area contributed by atoms with Crippen LogP contribution in [0.1, 0.15) is 30.1 Å². The summed E-state index contributed by atoms with van der Waals surface area (Å²) in [5, 5.41) is 0. The number of benzene rings is 1. The number of methoxy groups -OCH3 is 1. The molecule has 0 aliphatic rings. The Morgan fingerprint density at radius 3 is 2.67 bits per heavy atom. The molecule has 2 rings (SSSR count). The second-order valence-electron chi connectivity index (χ2n) is 5.05. The number of carbonyl (C=O) groups excluding carboxylic acids is 2. The van der Waals surface area contributed by atoms with Crippen LogP contribution in [-0.4, -0.2) is 30.7 Å². The lowest BCUT2D eigenvalue weighted by atomic mass is 10.1. The molecule has 24 heavy (non-hydrogen) atoms. The van der Waals surface area contributed by atoms with Crippen molar-refractivity contribution in [2.75, 3.05) is 13.7 Å². The largest absolute Gasteiger partial charge is 0.494 e. The van der Waals surface area contributed by atoms with Gasteiger partial charge in [-0.05, 0) is 18.6 Å². The van der Waals surface area contributed by atoms with Crippen LogP contribution in [0.4, 0.5) is 13.6 Å². The second-order valence-corrected chi connectivity index (χ2v) is 5.05. The van der Waals surface area contributed by atoms with Crippen LogP contribution >= 0.6 is 0 Å². The van der Waals surface area contributed by atoms with E-state index in [-0.39, 0.29) is 29.2 Å². The smallest absolute Gasteiger partial charge is 0.418 e. The number of aldehydes is 1. The molecule has 0 saturated heterocycles. The Labute approximate surface area is 137 Å². The van der Waals surface area contributed by atoms with Crippen LogP contribution < -0.4 is 4.74 Å². The molecule has 0 amide bonds. The lowest BCUT2D eigenvalue weighted by Crippen LogP contribution is -2.15. The highest BCUT2D eigenvalue weighted by Gasteiger charge is 2.25. The molecule has 0 fully saturated rings. The van der Waals surface area contributed by atoms with E-state index in [2.05, 4.69) is 0 Å². The summed E-state index contributed by atoms with van der Waals surface area (Å²) in [6, 6.07) is 2.92. The number of rotatable bonds is 6. The van der Waals surface area contributed by atoms with Gasteiger partial charge in [-0.1, -0.05) is 13.3 Å². The standard InChI is InChI=1S/C17H17F2NO4/c1-3-4-7-24-17(22)20-9-11(10-21)16(23-2)15(20)13-6-5-12(18)8-14(13)19/h5-6,8-10H,3-4,7H2,1-2H3. The van der Waals surface area contributed by atoms with Crippen molar-refractivity contribution < 1.29 is 27.8 Å². The van der Waals surface area contributed by atoms with Gasteiger partial charge in [-0.25, -0.2) is 18.1 Å². The second kappa shape index (κ2) is 7.72. The molecule has 0 bridgehead atoms. The van der Waals surface area contributed by atoms with Crippen molar-refractivity contribution in [3.8, 4) is 17.0 Å². The Bertz CT molecular complexity index is 755. The van der Waals surface area contributed by atoms with E-state index in [1.54, 1.807) is 0 Å². The van der Waals surface area contributed by atoms with Gasteiger partial charge in [-0.15, -0.1) is 0 Å². The minimum atomic E-state index is -0.883. The zero-order valence-corrected chi connectivity index (χ0v) is 13.3. The summed E-state index contributed by atoms with van der Waals surface area (Å²) in [5.41, 5.74) is -0.0175. The third kappa shape index (κ3) is 3.45. The van der Waals surface area contributed by atoms with Gasteiger partial charge in [0.1, 0.15) is 17.3 Å². The monoisotopic (exact) mass is 337 g/mol. The molecule has 0 spiro atoms. The Hall–Kier alpha value is -2.70. The number of unbranched alkanes of at least 4 members (excludes halogenated alkanes) is 1. The predicted molar refractivity (Wildman–Crippen MR) is 83.4 cm³/mol. The fourth-order valence-corrected chi connectivity index (χ4v) is 2.26. The maximum absolute atomic E-state index is 14.2. The molecule has 0 saturated carbocycles. The molecule has 0 unspecified atom stereocenters. The summed E-state index contributed by atoms with van der Waals surface area (Å²) in [6.45, 7) is 2.13. The Balaban J connectivity index is 2.56. The molecule has 128 valence electrons. The number of aromatic nitrogens is 1. The number of hydrogen-bond donors (Lipinski definition) is 0. The third-order valence-electron chi connectivity index (χ3n) is 3.42. The molecular formula is C17H17F2NO4. The average molecular weight is 337 g/mol. The Kier molecular flexibility index (Phi) is 5.68. The van der Waals surface area contributed by atoms with Crippen LogP contribution in [0.5, 0.6) is 5.75 Å². The Morgan fingerprint density at radius 2 is 2.08 bits per heavy atom. The van der Waals surface area contributed by atoms with Gasteiger partial charge >= 0.3 is 6.09 Å². The van der Waals surface area contributed by atoms with Crippen molar-refractivity contribution in [3.63, 3.8) is 0 Å². The van der Waals surface area contributed by atoms with Crippen LogP contribution in [0.2, 0.25) is 0 Å². The number of halogens is 2. The summed E-state index contributed by atoms with van der Waals surface area (Å²) in [4.78, 5) is 23.5. The molecule has 2 aromatic rings. The molecule has 5 nitrogen and oxygen atoms in total. The number of hydrogen-bond acceptors (Lipinski definition) is 4. The van der Waals surface area contributed by atoms with Crippen molar-refractivity contribution in [3.05, 3.63) is 41.6 Å². The molecule has 7 heteroatoms. The molecule has 0 atom stereocenters. The third-order valence-corrected chi connectivity index (χ3v) is 3.42. The molecule has 0 radical (unpaired) electrons. The van der Waals surface area contributed by atoms with Crippen LogP contribution in [0, 0.1) is 11.6 Å². The molecule has 1 aromatic carbocycles. The highest BCUT2D eigenvalue weighted by molar-refractivity contribution is 5.91. The zero-order chi connectivity index (χ0) is 17.7. The van der Waals surface area contributed by atoms with Crippen molar-refractivity contribution in [2.24, 2.45) is 0 Å². The zero-order valence-electron chi connectivity index (χ0n) is 13.3. The van der Waals surface area contributed by atoms with Gasteiger partial charge in [0.2, 0.25) is 0 Å². The summed E-state index contributed by atoms with van der Waals surface area (Å²) >= 11 is 0. The lowest BCUT2D eigenvalue weighted by Gasteiger charge is -2.11. The normalized spacial score (nSPS) is 10.5. The van der Waals surface area contributed by atoms with Crippen molar-refractivity contribution in [2.45, 2.75) is 19.8 Å². The van der Waals surface area contributed by atoms with Crippen molar-refractivity contribution in [1.29, 1.82) is 0 Å². The van der Waals surface area contributed by atoms with E-state index in [0.717, 1.165) is 17.1 Å². The predicted octanol–water partition coefficient (Wildman–Crippen LogP) is 4.04. The molecule has 1 aromatic heterocycles. The molecule has 0 N–H and O–H groups in total. The SMILES string of the molecule is CCCCOC(=O)n1cc(C=O)c(OC)c1-c1ccc(F)cc1F. The minimum absolute atomic E-state index is 0.00130. The van der Waals surface area contributed by atoms with Gasteiger partial charge in [0.05, 0.1) is 19.3 Å². The summed E-state index contributed by atoms with van der Waals surface area (Å²) in [5.74, 6) is -1.62. The fraction of sp³-hybridized carbons (Fsp3) is 0.294. The van der Waals surface area contributed by atoms with Gasteiger partial charge in [0, 0.05) is 17.8 Å². The van der Waals surface area contributed by atoms with E-state index in [9.17, 15) is 18.4 Å². The van der Waals surface area contributed by atoms with Gasteiger partial charge < -0.3 is 9.47 Å². The van der Waals surface area contributed by atoms with E-state index in [1.807, 2.05) is 6.92 Å². The highest BCUT2D eigenvalue weighted by atomic mass is 19.1. The summed E-state index contributed by atoms with van der Waals surface area (Å²) < 4.78 is 38.6. The van der Waals surface area contributed by atoms with E-state index in [4.69, 9.17) is 9.47 Å². The van der Waals surface area contributed by atoms with Gasteiger partial charge in [-0.3, -0.25) is 4.79 Å². The topological polar surface area (TPSA) is 57.5 Å². The average Bonchev–Trinajstić information content (AvgIpc) is 2.93. The van der Waals surface area contributed by atoms with E-state index in [0.29, 0.717) is 18.8 Å². The van der Waals surface area contributed by atoms with Gasteiger partial charge in [0.15, 0.2) is 12.0 Å². The maximum Gasteiger partial charge on any atom is 0.418 e. The first-order valence-corrected chi connectivity index (χ1v) is 7.40.